The Morgan fingerprint density at radius 3 is 2.92 bits per heavy atom. The van der Waals surface area contributed by atoms with Gasteiger partial charge in [-0.2, -0.15) is 0 Å². The van der Waals surface area contributed by atoms with Crippen molar-refractivity contribution in [3.63, 3.8) is 0 Å². The van der Waals surface area contributed by atoms with Crippen molar-refractivity contribution >= 4 is 19.0 Å². The van der Waals surface area contributed by atoms with Crippen molar-refractivity contribution in [1.29, 1.82) is 0 Å². The molecule has 13 heavy (non-hydrogen) atoms. The molecule has 0 aliphatic carbocycles. The number of thiol groups is 1. The molecule has 0 amide bonds. The zero-order valence-electron chi connectivity index (χ0n) is 8.45. The van der Waals surface area contributed by atoms with Crippen LogP contribution in [-0.4, -0.2) is 17.1 Å². The van der Waals surface area contributed by atoms with Gasteiger partial charge in [0.05, 0.1) is 0 Å². The SMILES string of the molecule is CCC1=C(N(S)CC)N=CCCC1. The van der Waals surface area contributed by atoms with E-state index in [0.29, 0.717) is 0 Å². The fourth-order valence-electron chi connectivity index (χ4n) is 1.49. The summed E-state index contributed by atoms with van der Waals surface area (Å²) in [5, 5.41) is 0. The number of rotatable bonds is 3. The number of nitrogens with zero attached hydrogens (tertiary/aromatic N) is 2. The zero-order chi connectivity index (χ0) is 9.68. The van der Waals surface area contributed by atoms with Gasteiger partial charge in [0.15, 0.2) is 0 Å². The minimum Gasteiger partial charge on any atom is -0.304 e. The second-order valence-electron chi connectivity index (χ2n) is 3.20. The molecule has 0 aromatic rings. The molecular weight excluding hydrogens is 180 g/mol. The molecule has 0 spiro atoms. The minimum absolute atomic E-state index is 0.902. The molecule has 0 saturated heterocycles. The molecule has 0 bridgehead atoms. The number of allylic oxidation sites excluding steroid dienone is 1. The van der Waals surface area contributed by atoms with E-state index in [-0.39, 0.29) is 0 Å². The lowest BCUT2D eigenvalue weighted by molar-refractivity contribution is 0.589. The predicted octanol–water partition coefficient (Wildman–Crippen LogP) is 3.03. The molecule has 0 aromatic carbocycles. The van der Waals surface area contributed by atoms with Gasteiger partial charge in [-0.25, -0.2) is 4.99 Å². The molecule has 0 N–H and O–H groups in total. The third-order valence-corrected chi connectivity index (χ3v) is 2.78. The van der Waals surface area contributed by atoms with Crippen LogP contribution in [0.25, 0.3) is 0 Å². The maximum absolute atomic E-state index is 4.45. The summed E-state index contributed by atoms with van der Waals surface area (Å²) < 4.78 is 1.93. The second kappa shape index (κ2) is 5.32. The van der Waals surface area contributed by atoms with Gasteiger partial charge in [0, 0.05) is 12.8 Å². The molecule has 2 nitrogen and oxygen atoms in total. The highest BCUT2D eigenvalue weighted by Crippen LogP contribution is 2.23. The molecule has 1 heterocycles. The third-order valence-electron chi connectivity index (χ3n) is 2.31. The van der Waals surface area contributed by atoms with Gasteiger partial charge in [-0.1, -0.05) is 19.7 Å². The van der Waals surface area contributed by atoms with Crippen LogP contribution in [0, 0.1) is 0 Å². The van der Waals surface area contributed by atoms with Crippen LogP contribution < -0.4 is 0 Å². The van der Waals surface area contributed by atoms with E-state index >= 15 is 0 Å². The van der Waals surface area contributed by atoms with E-state index in [4.69, 9.17) is 0 Å². The summed E-state index contributed by atoms with van der Waals surface area (Å²) in [4.78, 5) is 4.45. The van der Waals surface area contributed by atoms with Gasteiger partial charge in [-0.3, -0.25) is 0 Å². The lowest BCUT2D eigenvalue weighted by atomic mass is 10.1. The lowest BCUT2D eigenvalue weighted by Crippen LogP contribution is -2.11. The molecule has 0 atom stereocenters. The summed E-state index contributed by atoms with van der Waals surface area (Å²) >= 11 is 4.40. The fraction of sp³-hybridized carbons (Fsp3) is 0.700. The number of hydrogen-bond acceptors (Lipinski definition) is 3. The Hall–Kier alpha value is -0.440. The van der Waals surface area contributed by atoms with Crippen LogP contribution >= 0.6 is 12.8 Å². The van der Waals surface area contributed by atoms with E-state index in [2.05, 4.69) is 31.7 Å². The predicted molar refractivity (Wildman–Crippen MR) is 61.0 cm³/mol. The standard InChI is InChI=1S/C10H18N2S/c1-3-9-7-5-6-8-11-10(9)12(13)4-2/h8,13H,3-7H2,1-2H3. The quantitative estimate of drug-likeness (QED) is 0.689. The summed E-state index contributed by atoms with van der Waals surface area (Å²) in [6.45, 7) is 5.18. The van der Waals surface area contributed by atoms with E-state index < -0.39 is 0 Å². The first kappa shape index (κ1) is 10.6. The maximum Gasteiger partial charge on any atom is 0.136 e. The second-order valence-corrected chi connectivity index (χ2v) is 3.68. The highest BCUT2D eigenvalue weighted by molar-refractivity contribution is 7.77. The van der Waals surface area contributed by atoms with Gasteiger partial charge in [0.1, 0.15) is 5.82 Å². The smallest absolute Gasteiger partial charge is 0.136 e. The number of aliphatic imine (C=N–C) groups is 1. The molecule has 1 aliphatic heterocycles. The van der Waals surface area contributed by atoms with E-state index in [1.165, 1.54) is 18.4 Å². The van der Waals surface area contributed by atoms with Crippen molar-refractivity contribution in [3.05, 3.63) is 11.4 Å². The molecule has 1 aliphatic rings. The molecule has 3 heteroatoms. The van der Waals surface area contributed by atoms with Crippen LogP contribution in [-0.2, 0) is 0 Å². The Morgan fingerprint density at radius 2 is 2.31 bits per heavy atom. The zero-order valence-corrected chi connectivity index (χ0v) is 9.35. The van der Waals surface area contributed by atoms with Gasteiger partial charge < -0.3 is 4.31 Å². The average molecular weight is 198 g/mol. The Bertz CT molecular complexity index is 221. The summed E-state index contributed by atoms with van der Waals surface area (Å²) in [6, 6.07) is 0. The van der Waals surface area contributed by atoms with Gasteiger partial charge in [0.2, 0.25) is 0 Å². The Balaban J connectivity index is 2.86. The summed E-state index contributed by atoms with van der Waals surface area (Å²) in [7, 11) is 0. The summed E-state index contributed by atoms with van der Waals surface area (Å²) in [6.07, 6.45) is 6.59. The highest BCUT2D eigenvalue weighted by Gasteiger charge is 2.10. The van der Waals surface area contributed by atoms with Crippen LogP contribution in [0.15, 0.2) is 16.4 Å². The summed E-state index contributed by atoms with van der Waals surface area (Å²) in [5.41, 5.74) is 1.44. The van der Waals surface area contributed by atoms with E-state index in [9.17, 15) is 0 Å². The maximum atomic E-state index is 4.45. The molecular formula is C10H18N2S. The Morgan fingerprint density at radius 1 is 1.54 bits per heavy atom. The van der Waals surface area contributed by atoms with Crippen molar-refractivity contribution in [2.75, 3.05) is 6.54 Å². The monoisotopic (exact) mass is 198 g/mol. The minimum atomic E-state index is 0.902. The van der Waals surface area contributed by atoms with Crippen LogP contribution in [0.4, 0.5) is 0 Å². The Kier molecular flexibility index (Phi) is 4.36. The fourth-order valence-corrected chi connectivity index (χ4v) is 1.69. The van der Waals surface area contributed by atoms with Crippen LogP contribution in [0.5, 0.6) is 0 Å². The van der Waals surface area contributed by atoms with Crippen molar-refractivity contribution < 1.29 is 0 Å². The molecule has 0 radical (unpaired) electrons. The topological polar surface area (TPSA) is 15.6 Å². The van der Waals surface area contributed by atoms with Crippen molar-refractivity contribution in [3.8, 4) is 0 Å². The van der Waals surface area contributed by atoms with Crippen molar-refractivity contribution in [2.24, 2.45) is 4.99 Å². The van der Waals surface area contributed by atoms with Crippen LogP contribution in [0.3, 0.4) is 0 Å². The Labute approximate surface area is 86.3 Å². The first-order valence-electron chi connectivity index (χ1n) is 5.00. The largest absolute Gasteiger partial charge is 0.304 e. The molecule has 0 saturated carbocycles. The molecule has 0 unspecified atom stereocenters. The molecule has 0 fully saturated rings. The first-order valence-corrected chi connectivity index (χ1v) is 5.40. The average Bonchev–Trinajstić information content (AvgIpc) is 2.41. The molecule has 1 rings (SSSR count). The van der Waals surface area contributed by atoms with E-state index in [1.54, 1.807) is 0 Å². The van der Waals surface area contributed by atoms with E-state index in [0.717, 1.165) is 25.2 Å². The molecule has 74 valence electrons. The van der Waals surface area contributed by atoms with Crippen LogP contribution in [0.1, 0.15) is 39.5 Å². The first-order chi connectivity index (χ1) is 6.29. The molecule has 0 aromatic heterocycles. The van der Waals surface area contributed by atoms with Crippen molar-refractivity contribution in [1.82, 2.24) is 4.31 Å². The highest BCUT2D eigenvalue weighted by atomic mass is 32.1. The lowest BCUT2D eigenvalue weighted by Gasteiger charge is -2.18. The van der Waals surface area contributed by atoms with Crippen LogP contribution in [0.2, 0.25) is 0 Å². The number of hydrogen-bond donors (Lipinski definition) is 1. The van der Waals surface area contributed by atoms with Gasteiger partial charge in [0.25, 0.3) is 0 Å². The summed E-state index contributed by atoms with van der Waals surface area (Å²) in [5.74, 6) is 1.07. The third kappa shape index (κ3) is 2.76. The van der Waals surface area contributed by atoms with Gasteiger partial charge in [-0.05, 0) is 38.2 Å². The van der Waals surface area contributed by atoms with E-state index in [1.807, 2.05) is 10.5 Å². The van der Waals surface area contributed by atoms with Gasteiger partial charge in [-0.15, -0.1) is 0 Å². The van der Waals surface area contributed by atoms with Crippen molar-refractivity contribution in [2.45, 2.75) is 39.5 Å². The normalized spacial score (nSPS) is 17.5. The van der Waals surface area contributed by atoms with Gasteiger partial charge >= 0.3 is 0 Å².